The van der Waals surface area contributed by atoms with Crippen LogP contribution in [0.1, 0.15) is 0 Å². The standard InChI is InChI=1S/2C8H18O5.6C6H3N3O7.CH4O.2Gd.2H2O/c2*9-1-3-11-5-7-13-8-6-12-4-2-10;6*10-6-4(8(13)14)1-3(7(11)12)2-5(6)9(15)16;1-2;;;;/h2*9-10H,1-8H2;6*1-2,10H;2H,1H3;;;2*1H2/q;;;;;;;;;2*+3;;/p-4. The molecule has 0 atom stereocenters. The number of benzene rings is 6. The van der Waals surface area contributed by atoms with Crippen LogP contribution in [0.25, 0.3) is 0 Å². The van der Waals surface area contributed by atoms with Crippen molar-refractivity contribution < 1.29 is 264 Å². The van der Waals surface area contributed by atoms with Crippen LogP contribution in [0.5, 0.6) is 34.5 Å². The summed E-state index contributed by atoms with van der Waals surface area (Å²) in [6.45, 7) is 5.53. The van der Waals surface area contributed by atoms with E-state index in [4.69, 9.17) is 54.0 Å². The van der Waals surface area contributed by atoms with Crippen LogP contribution < -0.4 is 30.6 Å². The molecule has 0 amide bonds. The van der Waals surface area contributed by atoms with Crippen molar-refractivity contribution >= 4 is 102 Å². The summed E-state index contributed by atoms with van der Waals surface area (Å²) in [6, 6.07) is 4.61. The van der Waals surface area contributed by atoms with Crippen LogP contribution in [-0.2, 0) is 39.4 Å². The fraction of sp³-hybridized carbons (Fsp3) is 0.321. The van der Waals surface area contributed by atoms with Gasteiger partial charge in [0, 0.05) is 7.11 Å². The molecule has 2 radical (unpaired) electrons. The Morgan fingerprint density at radius 3 is 0.328 bits per heavy atom. The maximum atomic E-state index is 11.1. The molecule has 0 bridgehead atoms. The van der Waals surface area contributed by atoms with E-state index in [1.807, 2.05) is 0 Å². The zero-order chi connectivity index (χ0) is 96.3. The zero-order valence-corrected chi connectivity index (χ0v) is 67.5. The monoisotopic (exact) mass is 2140 g/mol. The first kappa shape index (κ1) is 127. The van der Waals surface area contributed by atoms with Gasteiger partial charge in [0.05, 0.1) is 302 Å². The summed E-state index contributed by atoms with van der Waals surface area (Å²) in [5.41, 5.74) is -19.6. The van der Waals surface area contributed by atoms with E-state index in [0.717, 1.165) is 7.11 Å². The van der Waals surface area contributed by atoms with Gasteiger partial charge in [-0.15, -0.1) is 0 Å². The molecule has 6 aromatic rings. The normalized spacial score (nSPS) is 9.52. The first-order valence-electron chi connectivity index (χ1n) is 30.9. The molecule has 0 aromatic heterocycles. The molecule has 0 aliphatic rings. The zero-order valence-electron chi connectivity index (χ0n) is 63.0. The van der Waals surface area contributed by atoms with Gasteiger partial charge in [-0.3, -0.25) is 182 Å². The molecule has 11 N–H and O–H groups in total. The van der Waals surface area contributed by atoms with Crippen LogP contribution in [0.15, 0.2) is 72.8 Å². The third-order valence-corrected chi connectivity index (χ3v) is 12.3. The summed E-state index contributed by atoms with van der Waals surface area (Å²) >= 11 is 0. The van der Waals surface area contributed by atoms with Gasteiger partial charge in [0.25, 0.3) is 102 Å². The van der Waals surface area contributed by atoms with Gasteiger partial charge in [-0.1, -0.05) is 0 Å². The molecule has 75 heteroatoms. The molecule has 0 aliphatic heterocycles. The minimum atomic E-state index is -1.46. The Morgan fingerprint density at radius 2 is 0.266 bits per heavy atom. The molecular formula is C53H58Gd2N18O55+2. The summed E-state index contributed by atoms with van der Waals surface area (Å²) in [5.74, 6) is -8.75. The van der Waals surface area contributed by atoms with Gasteiger partial charge >= 0.3 is 79.9 Å². The Bertz CT molecular complexity index is 3910. The van der Waals surface area contributed by atoms with E-state index >= 15 is 0 Å². The minimum absolute atomic E-state index is 0. The molecule has 0 fully saturated rings. The van der Waals surface area contributed by atoms with Gasteiger partial charge in [-0.25, -0.2) is 0 Å². The maximum Gasteiger partial charge on any atom is 3.00 e. The first-order chi connectivity index (χ1) is 57.9. The predicted octanol–water partition coefficient (Wildman–Crippen LogP) is -1.28. The van der Waals surface area contributed by atoms with E-state index in [0.29, 0.717) is 152 Å². The molecular weight excluding hydrogens is 2080 g/mol. The van der Waals surface area contributed by atoms with Crippen LogP contribution in [0.4, 0.5) is 102 Å². The fourth-order valence-corrected chi connectivity index (χ4v) is 7.11. The number of hydrogen-bond acceptors (Lipinski definition) is 53. The van der Waals surface area contributed by atoms with Crippen molar-refractivity contribution in [2.45, 2.75) is 0 Å². The smallest absolute Gasteiger partial charge is 0.863 e. The topological polar surface area (TPSA) is 1140 Å². The van der Waals surface area contributed by atoms with Gasteiger partial charge in [0.15, 0.2) is 0 Å². The molecule has 6 rings (SSSR count). The molecule has 0 saturated carbocycles. The largest absolute Gasteiger partial charge is 3.00 e. The van der Waals surface area contributed by atoms with Crippen molar-refractivity contribution in [3.05, 3.63) is 255 Å². The number of rotatable bonds is 38. The van der Waals surface area contributed by atoms with Crippen molar-refractivity contribution in [1.29, 1.82) is 0 Å². The second kappa shape index (κ2) is 66.0. The van der Waals surface area contributed by atoms with Crippen LogP contribution in [-0.4, -0.2) is 227 Å². The molecule has 0 aliphatic carbocycles. The predicted molar refractivity (Wildman–Crippen MR) is 386 cm³/mol. The van der Waals surface area contributed by atoms with Crippen LogP contribution in [0, 0.1) is 262 Å². The van der Waals surface area contributed by atoms with Gasteiger partial charge in [-0.05, 0) is 0 Å². The van der Waals surface area contributed by atoms with Crippen molar-refractivity contribution in [3.8, 4) is 34.5 Å². The van der Waals surface area contributed by atoms with Crippen LogP contribution >= 0.6 is 0 Å². The third-order valence-electron chi connectivity index (χ3n) is 12.3. The van der Waals surface area contributed by atoms with Gasteiger partial charge in [0.2, 0.25) is 0 Å². The van der Waals surface area contributed by atoms with Crippen LogP contribution in [0.3, 0.4) is 0 Å². The summed E-state index contributed by atoms with van der Waals surface area (Å²) in [4.78, 5) is 165. The number of ether oxygens (including phenoxy) is 6. The average molecular weight is 2140 g/mol. The van der Waals surface area contributed by atoms with Gasteiger partial charge in [-0.2, -0.15) is 0 Å². The maximum absolute atomic E-state index is 11.1. The number of aliphatic hydroxyl groups is 5. The van der Waals surface area contributed by atoms with E-state index in [-0.39, 0.29) is 117 Å². The molecule has 0 saturated heterocycles. The third kappa shape index (κ3) is 45.2. The minimum Gasteiger partial charge on any atom is -0.863 e. The number of nitro benzene ring substituents is 18. The summed E-state index contributed by atoms with van der Waals surface area (Å²) < 4.78 is 30.0. The Balaban J connectivity index is -0.000000260. The molecule has 0 unspecified atom stereocenters. The summed E-state index contributed by atoms with van der Waals surface area (Å²) in [5, 5.41) is 293. The number of nitrogens with zero attached hydrogens (tertiary/aromatic N) is 18. The number of nitro groups is 18. The molecule has 704 valence electrons. The Morgan fingerprint density at radius 1 is 0.188 bits per heavy atom. The molecule has 6 aromatic carbocycles. The molecule has 0 heterocycles. The van der Waals surface area contributed by atoms with Crippen molar-refractivity contribution in [3.63, 3.8) is 0 Å². The van der Waals surface area contributed by atoms with Crippen molar-refractivity contribution in [2.24, 2.45) is 0 Å². The SMILES string of the molecule is CO.O=[N+]([O-])c1cc([N+](=O)[O-])c([O-])c([N+](=O)[O-])c1.O=[N+]([O-])c1cc([N+](=O)[O-])c([O-])c([N+](=O)[O-])c1.O=[N+]([O-])c1cc([N+](=O)[O-])c([O-])c([N+](=O)[O-])c1.O=[N+]([O-])c1cc([N+](=O)[O-])c([O-])c([N+](=O)[O-])c1.O=[N+]([O-])c1cc([N+](=O)[O-])c([O-])c([N+](=O)[O-])c1.O=[N+]([O-])c1cc([N+](=O)[O-])c([O-])c([N+](=O)[O-])c1.OCCOCCOCCOCCO.OCCOCCOCCOCCO.[Gd+3].[Gd+3].[OH3+].[OH3+]. The second-order valence-electron chi connectivity index (χ2n) is 20.1. The number of hydrogen-bond donors (Lipinski definition) is 5. The molecule has 128 heavy (non-hydrogen) atoms. The molecule has 0 spiro atoms. The van der Waals surface area contributed by atoms with Crippen molar-refractivity contribution in [2.75, 3.05) is 113 Å². The van der Waals surface area contributed by atoms with E-state index in [2.05, 4.69) is 0 Å². The Kier molecular flexibility index (Phi) is 65.3. The van der Waals surface area contributed by atoms with Gasteiger partial charge < -0.3 is 95.5 Å². The second-order valence-corrected chi connectivity index (χ2v) is 20.1. The van der Waals surface area contributed by atoms with E-state index < -0.39 is 225 Å². The van der Waals surface area contributed by atoms with E-state index in [1.54, 1.807) is 0 Å². The number of non-ortho nitro benzene ring substituents is 6. The Hall–Kier alpha value is -14.6. The van der Waals surface area contributed by atoms with Gasteiger partial charge in [0.1, 0.15) is 0 Å². The van der Waals surface area contributed by atoms with E-state index in [1.165, 1.54) is 0 Å². The Labute approximate surface area is 763 Å². The quantitative estimate of drug-likeness (QED) is 0.0130. The molecule has 73 nitrogen and oxygen atoms in total. The number of aliphatic hydroxyl groups excluding tert-OH is 5. The first-order valence-corrected chi connectivity index (χ1v) is 30.9. The summed E-state index contributed by atoms with van der Waals surface area (Å²) in [7, 11) is 1.00. The van der Waals surface area contributed by atoms with E-state index in [9.17, 15) is 213 Å². The van der Waals surface area contributed by atoms with Crippen molar-refractivity contribution in [1.82, 2.24) is 0 Å². The average Bonchev–Trinajstić information content (AvgIpc) is 0.847. The fourth-order valence-electron chi connectivity index (χ4n) is 7.11. The van der Waals surface area contributed by atoms with Crippen LogP contribution in [0.2, 0.25) is 0 Å². The summed E-state index contributed by atoms with van der Waals surface area (Å²) in [6.07, 6.45) is 0.